The standard InChI is InChI=1S/C15H15ClN6OS2/c1-9(12(23)19-14-18-6-7-24-14)22-13(17)20-21-15(22)25-8-10-4-2-3-5-11(10)16/h2-7,9H,8H2,1H3,(H2,17,20)(H,18,19,23). The van der Waals surface area contributed by atoms with Gasteiger partial charge in [-0.2, -0.15) is 0 Å². The SMILES string of the molecule is CC(C(=O)Nc1nccs1)n1c(N)nnc1SCc1ccccc1Cl. The van der Waals surface area contributed by atoms with Gasteiger partial charge in [-0.15, -0.1) is 21.5 Å². The number of anilines is 2. The molecule has 3 aromatic rings. The Bertz CT molecular complexity index is 867. The Hall–Kier alpha value is -2.10. The average Bonchev–Trinajstić information content (AvgIpc) is 3.23. The Morgan fingerprint density at radius 3 is 2.96 bits per heavy atom. The van der Waals surface area contributed by atoms with Crippen LogP contribution in [0.1, 0.15) is 18.5 Å². The highest BCUT2D eigenvalue weighted by Gasteiger charge is 2.23. The van der Waals surface area contributed by atoms with Crippen LogP contribution in [0, 0.1) is 0 Å². The van der Waals surface area contributed by atoms with Gasteiger partial charge in [0, 0.05) is 22.4 Å². The maximum absolute atomic E-state index is 12.4. The summed E-state index contributed by atoms with van der Waals surface area (Å²) < 4.78 is 1.60. The minimum atomic E-state index is -0.576. The van der Waals surface area contributed by atoms with Gasteiger partial charge in [-0.3, -0.25) is 9.36 Å². The predicted molar refractivity (Wildman–Crippen MR) is 101 cm³/mol. The van der Waals surface area contributed by atoms with Gasteiger partial charge in [-0.25, -0.2) is 4.98 Å². The van der Waals surface area contributed by atoms with Gasteiger partial charge in [-0.05, 0) is 18.6 Å². The van der Waals surface area contributed by atoms with Gasteiger partial charge in [0.2, 0.25) is 11.9 Å². The zero-order chi connectivity index (χ0) is 17.8. The minimum Gasteiger partial charge on any atom is -0.368 e. The van der Waals surface area contributed by atoms with E-state index in [0.717, 1.165) is 5.56 Å². The number of aromatic nitrogens is 4. The molecule has 0 spiro atoms. The lowest BCUT2D eigenvalue weighted by Crippen LogP contribution is -2.25. The first-order valence-electron chi connectivity index (χ1n) is 7.33. The smallest absolute Gasteiger partial charge is 0.249 e. The van der Waals surface area contributed by atoms with Gasteiger partial charge in [0.05, 0.1) is 0 Å². The average molecular weight is 395 g/mol. The van der Waals surface area contributed by atoms with E-state index in [-0.39, 0.29) is 11.9 Å². The Morgan fingerprint density at radius 2 is 2.24 bits per heavy atom. The first kappa shape index (κ1) is 17.7. The summed E-state index contributed by atoms with van der Waals surface area (Å²) in [5, 5.41) is 14.3. The van der Waals surface area contributed by atoms with Crippen molar-refractivity contribution in [3.8, 4) is 0 Å². The number of nitrogen functional groups attached to an aromatic ring is 1. The third kappa shape index (κ3) is 4.12. The largest absolute Gasteiger partial charge is 0.368 e. The number of halogens is 1. The number of hydrogen-bond acceptors (Lipinski definition) is 7. The summed E-state index contributed by atoms with van der Waals surface area (Å²) in [7, 11) is 0. The maximum Gasteiger partial charge on any atom is 0.249 e. The molecule has 0 fully saturated rings. The number of nitrogens with zero attached hydrogens (tertiary/aromatic N) is 4. The number of nitrogens with one attached hydrogen (secondary N) is 1. The van der Waals surface area contributed by atoms with E-state index in [2.05, 4.69) is 20.5 Å². The molecule has 2 heterocycles. The molecule has 0 saturated heterocycles. The highest BCUT2D eigenvalue weighted by atomic mass is 35.5. The molecule has 0 aliphatic carbocycles. The van der Waals surface area contributed by atoms with E-state index in [9.17, 15) is 4.79 Å². The lowest BCUT2D eigenvalue weighted by atomic mass is 10.2. The summed E-state index contributed by atoms with van der Waals surface area (Å²) >= 11 is 8.95. The molecule has 25 heavy (non-hydrogen) atoms. The Balaban J connectivity index is 1.74. The lowest BCUT2D eigenvalue weighted by Gasteiger charge is -2.15. The highest BCUT2D eigenvalue weighted by molar-refractivity contribution is 7.98. The van der Waals surface area contributed by atoms with Crippen molar-refractivity contribution in [1.29, 1.82) is 0 Å². The minimum absolute atomic E-state index is 0.184. The summed E-state index contributed by atoms with van der Waals surface area (Å²) in [5.74, 6) is 0.544. The number of carbonyl (C=O) groups excluding carboxylic acids is 1. The number of thioether (sulfide) groups is 1. The molecule has 0 bridgehead atoms. The van der Waals surface area contributed by atoms with E-state index in [1.54, 1.807) is 23.1 Å². The Kier molecular flexibility index (Phi) is 5.57. The molecule has 1 amide bonds. The number of rotatable bonds is 6. The van der Waals surface area contributed by atoms with Crippen molar-refractivity contribution in [3.05, 3.63) is 46.4 Å². The van der Waals surface area contributed by atoms with E-state index < -0.39 is 6.04 Å². The third-order valence-electron chi connectivity index (χ3n) is 3.43. The summed E-state index contributed by atoms with van der Waals surface area (Å²) in [6.45, 7) is 1.74. The van der Waals surface area contributed by atoms with Gasteiger partial charge in [0.15, 0.2) is 10.3 Å². The van der Waals surface area contributed by atoms with E-state index >= 15 is 0 Å². The van der Waals surface area contributed by atoms with Crippen LogP contribution in [0.5, 0.6) is 0 Å². The van der Waals surface area contributed by atoms with Crippen molar-refractivity contribution >= 4 is 51.7 Å². The van der Waals surface area contributed by atoms with E-state index in [1.165, 1.54) is 23.1 Å². The van der Waals surface area contributed by atoms with Gasteiger partial charge in [0.1, 0.15) is 6.04 Å². The summed E-state index contributed by atoms with van der Waals surface area (Å²) in [5.41, 5.74) is 6.88. The van der Waals surface area contributed by atoms with Crippen LogP contribution in [-0.2, 0) is 10.5 Å². The van der Waals surface area contributed by atoms with Crippen LogP contribution in [0.2, 0.25) is 5.02 Å². The molecule has 1 unspecified atom stereocenters. The van der Waals surface area contributed by atoms with Crippen molar-refractivity contribution in [2.45, 2.75) is 23.9 Å². The van der Waals surface area contributed by atoms with Crippen LogP contribution in [0.3, 0.4) is 0 Å². The fourth-order valence-electron chi connectivity index (χ4n) is 2.12. The molecular weight excluding hydrogens is 380 g/mol. The summed E-state index contributed by atoms with van der Waals surface area (Å²) in [6.07, 6.45) is 1.63. The van der Waals surface area contributed by atoms with E-state index in [1.807, 2.05) is 24.3 Å². The molecule has 3 N–H and O–H groups in total. The summed E-state index contributed by atoms with van der Waals surface area (Å²) in [4.78, 5) is 16.5. The van der Waals surface area contributed by atoms with Gasteiger partial charge in [0.25, 0.3) is 0 Å². The summed E-state index contributed by atoms with van der Waals surface area (Å²) in [6, 6.07) is 7.00. The fraction of sp³-hybridized carbons (Fsp3) is 0.200. The second kappa shape index (κ2) is 7.85. The molecule has 0 radical (unpaired) electrons. The molecular formula is C15H15ClN6OS2. The van der Waals surface area contributed by atoms with Crippen LogP contribution >= 0.6 is 34.7 Å². The van der Waals surface area contributed by atoms with Crippen molar-refractivity contribution < 1.29 is 4.79 Å². The normalized spacial score (nSPS) is 12.1. The predicted octanol–water partition coefficient (Wildman–Crippen LogP) is 3.46. The fourth-order valence-corrected chi connectivity index (χ4v) is 3.96. The first-order valence-corrected chi connectivity index (χ1v) is 9.57. The third-order valence-corrected chi connectivity index (χ3v) is 5.48. The molecule has 0 saturated carbocycles. The highest BCUT2D eigenvalue weighted by Crippen LogP contribution is 2.29. The van der Waals surface area contributed by atoms with Gasteiger partial charge >= 0.3 is 0 Å². The molecule has 1 atom stereocenters. The van der Waals surface area contributed by atoms with Crippen LogP contribution in [-0.4, -0.2) is 25.7 Å². The van der Waals surface area contributed by atoms with E-state index in [4.69, 9.17) is 17.3 Å². The van der Waals surface area contributed by atoms with Crippen LogP contribution in [0.4, 0.5) is 11.1 Å². The molecule has 0 aliphatic rings. The number of hydrogen-bond donors (Lipinski definition) is 2. The number of nitrogens with two attached hydrogens (primary N) is 1. The number of carbonyl (C=O) groups is 1. The van der Waals surface area contributed by atoms with Crippen molar-refractivity contribution in [2.24, 2.45) is 0 Å². The quantitative estimate of drug-likeness (QED) is 0.621. The Morgan fingerprint density at radius 1 is 1.44 bits per heavy atom. The molecule has 1 aromatic carbocycles. The number of amides is 1. The number of thiazole rings is 1. The van der Waals surface area contributed by atoms with Crippen molar-refractivity contribution in [3.63, 3.8) is 0 Å². The van der Waals surface area contributed by atoms with E-state index in [0.29, 0.717) is 21.1 Å². The molecule has 10 heteroatoms. The van der Waals surface area contributed by atoms with Crippen LogP contribution < -0.4 is 11.1 Å². The number of benzene rings is 1. The Labute approximate surface area is 157 Å². The van der Waals surface area contributed by atoms with Crippen LogP contribution in [0.15, 0.2) is 41.0 Å². The monoisotopic (exact) mass is 394 g/mol. The zero-order valence-corrected chi connectivity index (χ0v) is 15.6. The van der Waals surface area contributed by atoms with Crippen molar-refractivity contribution in [2.75, 3.05) is 11.1 Å². The van der Waals surface area contributed by atoms with Gasteiger partial charge < -0.3 is 11.1 Å². The molecule has 7 nitrogen and oxygen atoms in total. The van der Waals surface area contributed by atoms with Crippen LogP contribution in [0.25, 0.3) is 0 Å². The topological polar surface area (TPSA) is 98.7 Å². The molecule has 130 valence electrons. The molecule has 3 rings (SSSR count). The zero-order valence-electron chi connectivity index (χ0n) is 13.2. The lowest BCUT2D eigenvalue weighted by molar-refractivity contribution is -0.118. The van der Waals surface area contributed by atoms with Crippen molar-refractivity contribution in [1.82, 2.24) is 19.7 Å². The first-order chi connectivity index (χ1) is 12.1. The maximum atomic E-state index is 12.4. The second-order valence-corrected chi connectivity index (χ2v) is 7.34. The van der Waals surface area contributed by atoms with Gasteiger partial charge in [-0.1, -0.05) is 41.6 Å². The molecule has 2 aromatic heterocycles. The second-order valence-electron chi connectivity index (χ2n) is 5.09. The molecule has 0 aliphatic heterocycles.